The molecule has 10 nitrogen and oxygen atoms in total. The van der Waals surface area contributed by atoms with Crippen molar-refractivity contribution in [1.82, 2.24) is 19.6 Å². The largest absolute Gasteiger partial charge is 0.494 e. The molecule has 0 aliphatic heterocycles. The highest BCUT2D eigenvalue weighted by molar-refractivity contribution is 7.90. The van der Waals surface area contributed by atoms with E-state index in [1.165, 1.54) is 0 Å². The van der Waals surface area contributed by atoms with E-state index in [2.05, 4.69) is 15.0 Å². The van der Waals surface area contributed by atoms with Gasteiger partial charge in [0.05, 0.1) is 17.9 Å². The number of para-hydroxylation sites is 1. The molecule has 0 fully saturated rings. The van der Waals surface area contributed by atoms with Crippen molar-refractivity contribution in [2.24, 2.45) is 0 Å². The van der Waals surface area contributed by atoms with Crippen LogP contribution in [0.3, 0.4) is 0 Å². The first-order valence-electron chi connectivity index (χ1n) is 17.2. The Kier molecular flexibility index (Phi) is 12.2. The molecule has 54 heavy (non-hydrogen) atoms. The Hall–Kier alpha value is -5.36. The molecule has 6 aromatic rings. The highest BCUT2D eigenvalue weighted by Gasteiger charge is 2.26. The van der Waals surface area contributed by atoms with Crippen LogP contribution in [0.25, 0.3) is 10.9 Å². The van der Waals surface area contributed by atoms with Gasteiger partial charge in [0.1, 0.15) is 22.9 Å². The molecule has 0 spiro atoms. The predicted octanol–water partition coefficient (Wildman–Crippen LogP) is 8.30. The van der Waals surface area contributed by atoms with Gasteiger partial charge in [-0.1, -0.05) is 59.6 Å². The van der Waals surface area contributed by atoms with Gasteiger partial charge in [0, 0.05) is 46.5 Å². The lowest BCUT2D eigenvalue weighted by Crippen LogP contribution is -2.38. The molecule has 0 aliphatic carbocycles. The van der Waals surface area contributed by atoms with E-state index >= 15 is 0 Å². The number of nitrogens with zero attached hydrogens (tertiary/aromatic N) is 2. The van der Waals surface area contributed by atoms with Crippen LogP contribution in [0.15, 0.2) is 109 Å². The smallest absolute Gasteiger partial charge is 0.281 e. The molecule has 2 heterocycles. The monoisotopic (exact) mass is 784 g/mol. The van der Waals surface area contributed by atoms with Crippen molar-refractivity contribution in [3.05, 3.63) is 153 Å². The average Bonchev–Trinajstić information content (AvgIpc) is 3.44. The van der Waals surface area contributed by atoms with E-state index < -0.39 is 27.6 Å². The number of sulfonamides is 1. The van der Waals surface area contributed by atoms with Crippen LogP contribution >= 0.6 is 23.2 Å². The van der Waals surface area contributed by atoms with E-state index in [1.807, 2.05) is 56.3 Å². The number of carbonyl (C=O) groups is 2. The molecule has 4 aromatic carbocycles. The second-order valence-electron chi connectivity index (χ2n) is 12.7. The Morgan fingerprint density at radius 2 is 1.59 bits per heavy atom. The molecule has 0 atom stereocenters. The molecule has 0 unspecified atom stereocenters. The highest BCUT2D eigenvalue weighted by atomic mass is 35.5. The van der Waals surface area contributed by atoms with Crippen LogP contribution < -0.4 is 19.5 Å². The second-order valence-corrected chi connectivity index (χ2v) is 15.4. The quantitative estimate of drug-likeness (QED) is 0.100. The molecule has 2 aromatic heterocycles. The summed E-state index contributed by atoms with van der Waals surface area (Å²) in [5.41, 5.74) is 4.40. The number of nitrogens with one attached hydrogen (secondary N) is 2. The lowest BCUT2D eigenvalue weighted by Gasteiger charge is -2.14. The molecule has 0 bridgehead atoms. The Balaban J connectivity index is 1.19. The van der Waals surface area contributed by atoms with Gasteiger partial charge < -0.3 is 19.4 Å². The number of benzene rings is 4. The van der Waals surface area contributed by atoms with E-state index in [-0.39, 0.29) is 18.8 Å². The summed E-state index contributed by atoms with van der Waals surface area (Å²) in [5, 5.41) is 4.54. The summed E-state index contributed by atoms with van der Waals surface area (Å²) < 4.78 is 42.6. The summed E-state index contributed by atoms with van der Waals surface area (Å²) in [4.78, 5) is 31.3. The zero-order valence-electron chi connectivity index (χ0n) is 29.6. The fourth-order valence-electron chi connectivity index (χ4n) is 6.14. The third kappa shape index (κ3) is 9.59. The fraction of sp³-hybridized carbons (Fsp3) is 0.195. The maximum Gasteiger partial charge on any atom is 0.281 e. The zero-order valence-corrected chi connectivity index (χ0v) is 32.0. The molecule has 0 saturated heterocycles. The first kappa shape index (κ1) is 38.4. The SMILES string of the molecule is Cc1cc(OCCCc2c(C(=O)NS(=O)(=O)CCNC(=O)c3cccc(Oc4ccccc4)c3)n(Cc3cccnc3)c3cc(Cl)ccc23)cc(C)c1Cl. The Bertz CT molecular complexity index is 2380. The first-order valence-corrected chi connectivity index (χ1v) is 19.6. The van der Waals surface area contributed by atoms with Gasteiger partial charge >= 0.3 is 0 Å². The van der Waals surface area contributed by atoms with Gasteiger partial charge in [0.2, 0.25) is 10.0 Å². The number of ether oxygens (including phenoxy) is 2. The Morgan fingerprint density at radius 3 is 2.33 bits per heavy atom. The maximum absolute atomic E-state index is 14.1. The molecular weight excluding hydrogens is 747 g/mol. The number of carbonyl (C=O) groups excluding carboxylic acids is 2. The minimum atomic E-state index is -4.21. The van der Waals surface area contributed by atoms with Gasteiger partial charge in [0.25, 0.3) is 11.8 Å². The molecule has 2 amide bonds. The second kappa shape index (κ2) is 17.2. The van der Waals surface area contributed by atoms with Crippen LogP contribution in [-0.2, 0) is 23.0 Å². The van der Waals surface area contributed by atoms with E-state index in [1.54, 1.807) is 71.6 Å². The summed E-state index contributed by atoms with van der Waals surface area (Å²) in [6.07, 6.45) is 4.25. The molecule has 6 rings (SSSR count). The number of hydrogen-bond donors (Lipinski definition) is 2. The van der Waals surface area contributed by atoms with Gasteiger partial charge in [-0.15, -0.1) is 0 Å². The third-order valence-corrected chi connectivity index (χ3v) is 10.7. The van der Waals surface area contributed by atoms with Crippen LogP contribution in [0.1, 0.15) is 49.5 Å². The average molecular weight is 786 g/mol. The number of halogens is 2. The Morgan fingerprint density at radius 1 is 0.833 bits per heavy atom. The number of fused-ring (bicyclic) bond motifs is 1. The third-order valence-electron chi connectivity index (χ3n) is 8.64. The lowest BCUT2D eigenvalue weighted by molar-refractivity contribution is 0.0954. The van der Waals surface area contributed by atoms with E-state index in [0.717, 1.165) is 22.1 Å². The summed E-state index contributed by atoms with van der Waals surface area (Å²) in [7, 11) is -4.21. The summed E-state index contributed by atoms with van der Waals surface area (Å²) in [6, 6.07) is 28.4. The molecule has 278 valence electrons. The lowest BCUT2D eigenvalue weighted by atomic mass is 10.1. The molecule has 0 radical (unpaired) electrons. The van der Waals surface area contributed by atoms with Crippen molar-refractivity contribution in [2.45, 2.75) is 33.2 Å². The van der Waals surface area contributed by atoms with Gasteiger partial charge in [-0.25, -0.2) is 13.1 Å². The van der Waals surface area contributed by atoms with E-state index in [0.29, 0.717) is 63.4 Å². The number of hydrogen-bond acceptors (Lipinski definition) is 7. The van der Waals surface area contributed by atoms with Crippen molar-refractivity contribution in [3.8, 4) is 17.2 Å². The Labute approximate surface area is 324 Å². The summed E-state index contributed by atoms with van der Waals surface area (Å²) in [5.74, 6) is -0.0828. The zero-order chi connectivity index (χ0) is 38.2. The van der Waals surface area contributed by atoms with Crippen LogP contribution in [0.5, 0.6) is 17.2 Å². The number of aryl methyl sites for hydroxylation is 3. The van der Waals surface area contributed by atoms with Gasteiger partial charge in [-0.2, -0.15) is 0 Å². The van der Waals surface area contributed by atoms with Crippen molar-refractivity contribution >= 4 is 55.9 Å². The highest BCUT2D eigenvalue weighted by Crippen LogP contribution is 2.32. The summed E-state index contributed by atoms with van der Waals surface area (Å²) >= 11 is 12.8. The predicted molar refractivity (Wildman–Crippen MR) is 212 cm³/mol. The first-order chi connectivity index (χ1) is 26.0. The normalized spacial score (nSPS) is 11.3. The maximum atomic E-state index is 14.1. The topological polar surface area (TPSA) is 129 Å². The van der Waals surface area contributed by atoms with Crippen LogP contribution in [-0.4, -0.2) is 48.7 Å². The van der Waals surface area contributed by atoms with Gasteiger partial charge in [0.15, 0.2) is 0 Å². The number of rotatable bonds is 15. The molecular formula is C41H38Cl2N4O6S. The molecule has 0 aliphatic rings. The standard InChI is InChI=1S/C41H38Cl2N4O6S/c1-27-21-34(22-28(2)38(27)43)52-19-8-14-36-35-16-15-31(42)24-37(35)47(26-29-9-7-17-44-25-29)39(36)41(49)46-54(50,51)20-18-45-40(48)30-10-6-13-33(23-30)53-32-11-4-3-5-12-32/h3-7,9-13,15-17,21-25H,8,14,18-20,26H2,1-2H3,(H,45,48)(H,46,49). The van der Waals surface area contributed by atoms with Crippen molar-refractivity contribution in [1.29, 1.82) is 0 Å². The van der Waals surface area contributed by atoms with Crippen LogP contribution in [0, 0.1) is 13.8 Å². The number of aromatic nitrogens is 2. The molecule has 2 N–H and O–H groups in total. The van der Waals surface area contributed by atoms with E-state index in [4.69, 9.17) is 32.7 Å². The van der Waals surface area contributed by atoms with Crippen LogP contribution in [0.4, 0.5) is 0 Å². The van der Waals surface area contributed by atoms with Crippen molar-refractivity contribution < 1.29 is 27.5 Å². The number of pyridine rings is 1. The number of amides is 2. The minimum Gasteiger partial charge on any atom is -0.494 e. The van der Waals surface area contributed by atoms with E-state index in [9.17, 15) is 18.0 Å². The van der Waals surface area contributed by atoms with Crippen molar-refractivity contribution in [2.75, 3.05) is 18.9 Å². The molecule has 13 heteroatoms. The van der Waals surface area contributed by atoms with Gasteiger partial charge in [-0.05, 0) is 110 Å². The van der Waals surface area contributed by atoms with Crippen molar-refractivity contribution in [3.63, 3.8) is 0 Å². The summed E-state index contributed by atoms with van der Waals surface area (Å²) in [6.45, 7) is 4.16. The fourth-order valence-corrected chi connectivity index (χ4v) is 7.27. The van der Waals surface area contributed by atoms with Crippen LogP contribution in [0.2, 0.25) is 10.0 Å². The minimum absolute atomic E-state index is 0.178. The molecule has 0 saturated carbocycles. The van der Waals surface area contributed by atoms with Gasteiger partial charge in [-0.3, -0.25) is 14.6 Å².